The molecule has 2 atom stereocenters. The molecule has 0 saturated heterocycles. The van der Waals surface area contributed by atoms with Crippen LogP contribution in [-0.4, -0.2) is 5.11 Å². The van der Waals surface area contributed by atoms with E-state index in [0.29, 0.717) is 5.92 Å². The minimum Gasteiger partial charge on any atom is -0.385 e. The van der Waals surface area contributed by atoms with Crippen LogP contribution in [0.15, 0.2) is 16.8 Å². The van der Waals surface area contributed by atoms with Crippen LogP contribution in [-0.2, 0) is 5.60 Å². The smallest absolute Gasteiger partial charge is 0.0901 e. The molecule has 12 heavy (non-hydrogen) atoms. The summed E-state index contributed by atoms with van der Waals surface area (Å²) >= 11 is 1.63. The molecule has 0 aromatic carbocycles. The second-order valence-electron chi connectivity index (χ2n) is 3.47. The number of rotatable bonds is 3. The first-order valence-electron chi connectivity index (χ1n) is 4.34. The second-order valence-corrected chi connectivity index (χ2v) is 4.25. The molecular weight excluding hydrogens is 168 g/mol. The zero-order chi connectivity index (χ0) is 9.19. The molecule has 0 bridgehead atoms. The molecule has 0 amide bonds. The lowest BCUT2D eigenvalue weighted by atomic mass is 9.84. The van der Waals surface area contributed by atoms with Crippen LogP contribution in [0.5, 0.6) is 0 Å². The van der Waals surface area contributed by atoms with Crippen molar-refractivity contribution in [3.63, 3.8) is 0 Å². The zero-order valence-electron chi connectivity index (χ0n) is 7.87. The quantitative estimate of drug-likeness (QED) is 0.765. The lowest BCUT2D eigenvalue weighted by Crippen LogP contribution is -2.28. The second kappa shape index (κ2) is 3.58. The molecule has 1 nitrogen and oxygen atoms in total. The van der Waals surface area contributed by atoms with E-state index < -0.39 is 5.60 Å². The Balaban J connectivity index is 2.85. The molecule has 1 heterocycles. The number of aliphatic hydroxyl groups is 1. The van der Waals surface area contributed by atoms with Crippen molar-refractivity contribution < 1.29 is 5.11 Å². The summed E-state index contributed by atoms with van der Waals surface area (Å²) in [6.07, 6.45) is 1.00. The van der Waals surface area contributed by atoms with Crippen LogP contribution in [0.4, 0.5) is 0 Å². The predicted molar refractivity (Wildman–Crippen MR) is 53.3 cm³/mol. The van der Waals surface area contributed by atoms with Crippen LogP contribution >= 0.6 is 11.3 Å². The van der Waals surface area contributed by atoms with Gasteiger partial charge < -0.3 is 5.11 Å². The minimum atomic E-state index is -0.658. The SMILES string of the molecule is CCC(C)C(C)(O)c1ccsc1. The van der Waals surface area contributed by atoms with Gasteiger partial charge in [0.05, 0.1) is 5.60 Å². The minimum absolute atomic E-state index is 0.312. The highest BCUT2D eigenvalue weighted by atomic mass is 32.1. The van der Waals surface area contributed by atoms with Crippen LogP contribution in [0.1, 0.15) is 32.8 Å². The van der Waals surface area contributed by atoms with Gasteiger partial charge in [-0.2, -0.15) is 11.3 Å². The van der Waals surface area contributed by atoms with Crippen molar-refractivity contribution in [2.45, 2.75) is 32.8 Å². The van der Waals surface area contributed by atoms with E-state index in [1.807, 2.05) is 23.8 Å². The van der Waals surface area contributed by atoms with Crippen LogP contribution in [0.25, 0.3) is 0 Å². The first-order valence-corrected chi connectivity index (χ1v) is 5.28. The molecule has 0 saturated carbocycles. The van der Waals surface area contributed by atoms with E-state index in [2.05, 4.69) is 13.8 Å². The van der Waals surface area contributed by atoms with E-state index >= 15 is 0 Å². The molecule has 0 radical (unpaired) electrons. The van der Waals surface area contributed by atoms with Crippen LogP contribution < -0.4 is 0 Å². The van der Waals surface area contributed by atoms with E-state index in [1.165, 1.54) is 0 Å². The average molecular weight is 184 g/mol. The van der Waals surface area contributed by atoms with Crippen LogP contribution in [0.2, 0.25) is 0 Å². The van der Waals surface area contributed by atoms with E-state index in [9.17, 15) is 5.11 Å². The monoisotopic (exact) mass is 184 g/mol. The van der Waals surface area contributed by atoms with Gasteiger partial charge in [0.25, 0.3) is 0 Å². The Morgan fingerprint density at radius 3 is 2.75 bits per heavy atom. The van der Waals surface area contributed by atoms with Gasteiger partial charge in [-0.05, 0) is 35.2 Å². The molecule has 0 aliphatic heterocycles. The van der Waals surface area contributed by atoms with Crippen LogP contribution in [0.3, 0.4) is 0 Å². The lowest BCUT2D eigenvalue weighted by Gasteiger charge is -2.28. The summed E-state index contributed by atoms with van der Waals surface area (Å²) in [5, 5.41) is 14.2. The maximum absolute atomic E-state index is 10.1. The Labute approximate surface area is 78.1 Å². The highest BCUT2D eigenvalue weighted by Crippen LogP contribution is 2.32. The maximum atomic E-state index is 10.1. The topological polar surface area (TPSA) is 20.2 Å². The van der Waals surface area contributed by atoms with Crippen molar-refractivity contribution in [3.05, 3.63) is 22.4 Å². The Kier molecular flexibility index (Phi) is 2.91. The van der Waals surface area contributed by atoms with E-state index in [0.717, 1.165) is 12.0 Å². The zero-order valence-corrected chi connectivity index (χ0v) is 8.69. The van der Waals surface area contributed by atoms with E-state index in [4.69, 9.17) is 0 Å². The van der Waals surface area contributed by atoms with Crippen molar-refractivity contribution in [2.24, 2.45) is 5.92 Å². The third kappa shape index (κ3) is 1.70. The van der Waals surface area contributed by atoms with Crippen molar-refractivity contribution in [1.29, 1.82) is 0 Å². The molecule has 0 fully saturated rings. The number of hydrogen-bond acceptors (Lipinski definition) is 2. The molecule has 2 heteroatoms. The first-order chi connectivity index (χ1) is 5.59. The van der Waals surface area contributed by atoms with Crippen LogP contribution in [0, 0.1) is 5.92 Å². The number of hydrogen-bond donors (Lipinski definition) is 1. The summed E-state index contributed by atoms with van der Waals surface area (Å²) in [4.78, 5) is 0. The van der Waals surface area contributed by atoms with Gasteiger partial charge in [-0.3, -0.25) is 0 Å². The summed E-state index contributed by atoms with van der Waals surface area (Å²) in [6.45, 7) is 6.08. The van der Waals surface area contributed by atoms with E-state index in [-0.39, 0.29) is 0 Å². The van der Waals surface area contributed by atoms with Crippen molar-refractivity contribution in [2.75, 3.05) is 0 Å². The Bertz CT molecular complexity index is 226. The van der Waals surface area contributed by atoms with Gasteiger partial charge in [0.1, 0.15) is 0 Å². The van der Waals surface area contributed by atoms with Gasteiger partial charge >= 0.3 is 0 Å². The highest BCUT2D eigenvalue weighted by molar-refractivity contribution is 7.08. The molecular formula is C10H16OS. The Morgan fingerprint density at radius 1 is 1.67 bits per heavy atom. The maximum Gasteiger partial charge on any atom is 0.0901 e. The average Bonchev–Trinajstić information content (AvgIpc) is 2.55. The summed E-state index contributed by atoms with van der Waals surface area (Å²) < 4.78 is 0. The normalized spacial score (nSPS) is 18.7. The molecule has 68 valence electrons. The summed E-state index contributed by atoms with van der Waals surface area (Å²) in [5.41, 5.74) is 0.385. The van der Waals surface area contributed by atoms with Gasteiger partial charge in [0, 0.05) is 0 Å². The van der Waals surface area contributed by atoms with E-state index in [1.54, 1.807) is 11.3 Å². The van der Waals surface area contributed by atoms with Gasteiger partial charge in [0.15, 0.2) is 0 Å². The molecule has 1 aromatic rings. The molecule has 1 N–H and O–H groups in total. The molecule has 2 unspecified atom stereocenters. The predicted octanol–water partition coefficient (Wildman–Crippen LogP) is 3.00. The van der Waals surface area contributed by atoms with Gasteiger partial charge in [-0.15, -0.1) is 0 Å². The summed E-state index contributed by atoms with van der Waals surface area (Å²) in [6, 6.07) is 2.00. The molecule has 1 aromatic heterocycles. The lowest BCUT2D eigenvalue weighted by molar-refractivity contribution is 0.000417. The largest absolute Gasteiger partial charge is 0.385 e. The van der Waals surface area contributed by atoms with Gasteiger partial charge in [-0.1, -0.05) is 20.3 Å². The fraction of sp³-hybridized carbons (Fsp3) is 0.600. The molecule has 0 aliphatic rings. The van der Waals surface area contributed by atoms with Crippen molar-refractivity contribution >= 4 is 11.3 Å². The van der Waals surface area contributed by atoms with Gasteiger partial charge in [0.2, 0.25) is 0 Å². The van der Waals surface area contributed by atoms with Gasteiger partial charge in [-0.25, -0.2) is 0 Å². The fourth-order valence-electron chi connectivity index (χ4n) is 1.23. The summed E-state index contributed by atoms with van der Waals surface area (Å²) in [7, 11) is 0. The van der Waals surface area contributed by atoms with Crippen molar-refractivity contribution in [1.82, 2.24) is 0 Å². The third-order valence-electron chi connectivity index (χ3n) is 2.68. The standard InChI is InChI=1S/C10H16OS/c1-4-8(2)10(3,11)9-5-6-12-7-9/h5-8,11H,4H2,1-3H3. The molecule has 1 rings (SSSR count). The Morgan fingerprint density at radius 2 is 2.33 bits per heavy atom. The molecule has 0 aliphatic carbocycles. The Hall–Kier alpha value is -0.340. The third-order valence-corrected chi connectivity index (χ3v) is 3.36. The summed E-state index contributed by atoms with van der Waals surface area (Å²) in [5.74, 6) is 0.312. The first kappa shape index (κ1) is 9.75. The molecule has 0 spiro atoms. The number of thiophene rings is 1. The van der Waals surface area contributed by atoms with Crippen molar-refractivity contribution in [3.8, 4) is 0 Å². The fourth-order valence-corrected chi connectivity index (χ4v) is 2.00. The highest BCUT2D eigenvalue weighted by Gasteiger charge is 2.29.